The van der Waals surface area contributed by atoms with E-state index in [0.29, 0.717) is 17.3 Å². The Bertz CT molecular complexity index is 1030. The predicted molar refractivity (Wildman–Crippen MR) is 117 cm³/mol. The molecule has 3 atom stereocenters. The number of pyridine rings is 1. The SMILES string of the molecule is Fc1ccccc1-n1cccc1[C@@H]1[C@H](c2ccccn2)NC(=S)N1C[C@H]1CCCO1. The van der Waals surface area contributed by atoms with Crippen molar-refractivity contribution in [3.05, 3.63) is 84.2 Å². The van der Waals surface area contributed by atoms with Crippen LogP contribution in [0.2, 0.25) is 0 Å². The molecule has 1 aromatic carbocycles. The number of hydrogen-bond donors (Lipinski definition) is 1. The van der Waals surface area contributed by atoms with Crippen molar-refractivity contribution in [3.8, 4) is 5.69 Å². The van der Waals surface area contributed by atoms with Crippen LogP contribution in [-0.2, 0) is 4.74 Å². The third-order valence-electron chi connectivity index (χ3n) is 5.82. The number of nitrogens with one attached hydrogen (secondary N) is 1. The minimum Gasteiger partial charge on any atom is -0.376 e. The van der Waals surface area contributed by atoms with Crippen molar-refractivity contribution >= 4 is 17.3 Å². The van der Waals surface area contributed by atoms with Gasteiger partial charge in [0.05, 0.1) is 29.6 Å². The molecule has 5 rings (SSSR count). The van der Waals surface area contributed by atoms with Gasteiger partial charge in [-0.2, -0.15) is 0 Å². The smallest absolute Gasteiger partial charge is 0.170 e. The fourth-order valence-electron chi connectivity index (χ4n) is 4.43. The highest BCUT2D eigenvalue weighted by Gasteiger charge is 2.42. The van der Waals surface area contributed by atoms with Crippen LogP contribution in [0.1, 0.15) is 36.3 Å². The molecule has 5 nitrogen and oxygen atoms in total. The summed E-state index contributed by atoms with van der Waals surface area (Å²) in [5.74, 6) is -0.261. The average Bonchev–Trinajstić information content (AvgIpc) is 3.51. The van der Waals surface area contributed by atoms with Crippen molar-refractivity contribution in [1.82, 2.24) is 19.8 Å². The predicted octanol–water partition coefficient (Wildman–Crippen LogP) is 4.16. The molecule has 0 bridgehead atoms. The van der Waals surface area contributed by atoms with Gasteiger partial charge in [0.2, 0.25) is 0 Å². The highest BCUT2D eigenvalue weighted by Crippen LogP contribution is 2.40. The number of benzene rings is 1. The van der Waals surface area contributed by atoms with E-state index in [1.54, 1.807) is 18.3 Å². The lowest BCUT2D eigenvalue weighted by Gasteiger charge is -2.30. The van der Waals surface area contributed by atoms with Gasteiger partial charge < -0.3 is 19.5 Å². The second kappa shape index (κ2) is 8.16. The molecule has 0 unspecified atom stereocenters. The van der Waals surface area contributed by atoms with Gasteiger partial charge in [0.15, 0.2) is 5.11 Å². The fraction of sp³-hybridized carbons (Fsp3) is 0.304. The van der Waals surface area contributed by atoms with Crippen LogP contribution in [0.25, 0.3) is 5.69 Å². The van der Waals surface area contributed by atoms with E-state index in [9.17, 15) is 4.39 Å². The third kappa shape index (κ3) is 3.48. The molecule has 4 heterocycles. The molecule has 7 heteroatoms. The molecule has 3 aromatic rings. The molecule has 2 aromatic heterocycles. The van der Waals surface area contributed by atoms with Crippen LogP contribution < -0.4 is 5.32 Å². The number of ether oxygens (including phenoxy) is 1. The zero-order valence-corrected chi connectivity index (χ0v) is 17.3. The lowest BCUT2D eigenvalue weighted by atomic mass is 10.0. The van der Waals surface area contributed by atoms with Crippen molar-refractivity contribution in [3.63, 3.8) is 0 Å². The van der Waals surface area contributed by atoms with Crippen LogP contribution in [0.3, 0.4) is 0 Å². The Labute approximate surface area is 180 Å². The highest BCUT2D eigenvalue weighted by atomic mass is 32.1. The number of hydrogen-bond acceptors (Lipinski definition) is 3. The Morgan fingerprint density at radius 1 is 1.13 bits per heavy atom. The first-order valence-electron chi connectivity index (χ1n) is 10.2. The molecule has 30 heavy (non-hydrogen) atoms. The van der Waals surface area contributed by atoms with Gasteiger partial charge in [0, 0.05) is 31.2 Å². The lowest BCUT2D eigenvalue weighted by Crippen LogP contribution is -2.36. The summed E-state index contributed by atoms with van der Waals surface area (Å²) in [5, 5.41) is 4.13. The van der Waals surface area contributed by atoms with E-state index in [1.807, 2.05) is 47.2 Å². The summed E-state index contributed by atoms with van der Waals surface area (Å²) in [6, 6.07) is 16.4. The van der Waals surface area contributed by atoms with Crippen LogP contribution >= 0.6 is 12.2 Å². The average molecular weight is 423 g/mol. The Kier molecular flexibility index (Phi) is 5.23. The molecule has 0 spiro atoms. The zero-order valence-electron chi connectivity index (χ0n) is 16.4. The van der Waals surface area contributed by atoms with E-state index < -0.39 is 0 Å². The van der Waals surface area contributed by atoms with Crippen LogP contribution in [-0.4, -0.2) is 38.8 Å². The molecule has 0 saturated carbocycles. The molecular formula is C23H23FN4OS. The van der Waals surface area contributed by atoms with Gasteiger partial charge >= 0.3 is 0 Å². The molecule has 2 aliphatic rings. The first kappa shape index (κ1) is 19.2. The third-order valence-corrected chi connectivity index (χ3v) is 6.17. The summed E-state index contributed by atoms with van der Waals surface area (Å²) >= 11 is 5.74. The quantitative estimate of drug-likeness (QED) is 0.626. The van der Waals surface area contributed by atoms with E-state index >= 15 is 0 Å². The maximum Gasteiger partial charge on any atom is 0.170 e. The Hall–Kier alpha value is -2.77. The van der Waals surface area contributed by atoms with E-state index in [2.05, 4.69) is 15.2 Å². The molecular weight excluding hydrogens is 399 g/mol. The summed E-state index contributed by atoms with van der Waals surface area (Å²) in [5.41, 5.74) is 2.38. The van der Waals surface area contributed by atoms with E-state index in [0.717, 1.165) is 30.8 Å². The van der Waals surface area contributed by atoms with E-state index in [1.165, 1.54) is 6.07 Å². The Morgan fingerprint density at radius 3 is 2.77 bits per heavy atom. The normalized spacial score (nSPS) is 23.7. The van der Waals surface area contributed by atoms with Crippen molar-refractivity contribution < 1.29 is 9.13 Å². The maximum absolute atomic E-state index is 14.6. The number of halogens is 1. The highest BCUT2D eigenvalue weighted by molar-refractivity contribution is 7.80. The van der Waals surface area contributed by atoms with Gasteiger partial charge in [0.25, 0.3) is 0 Å². The minimum absolute atomic E-state index is 0.133. The van der Waals surface area contributed by atoms with E-state index in [4.69, 9.17) is 17.0 Å². The van der Waals surface area contributed by atoms with Crippen molar-refractivity contribution in [2.24, 2.45) is 0 Å². The molecule has 2 fully saturated rings. The molecule has 1 N–H and O–H groups in total. The van der Waals surface area contributed by atoms with Crippen LogP contribution in [0, 0.1) is 5.82 Å². The lowest BCUT2D eigenvalue weighted by molar-refractivity contribution is 0.0836. The monoisotopic (exact) mass is 422 g/mol. The number of aromatic nitrogens is 2. The summed E-state index contributed by atoms with van der Waals surface area (Å²) in [6.45, 7) is 1.49. The second-order valence-electron chi connectivity index (χ2n) is 7.67. The van der Waals surface area contributed by atoms with Crippen LogP contribution in [0.5, 0.6) is 0 Å². The summed E-state index contributed by atoms with van der Waals surface area (Å²) in [4.78, 5) is 6.76. The van der Waals surface area contributed by atoms with Gasteiger partial charge in [-0.25, -0.2) is 4.39 Å². The second-order valence-corrected chi connectivity index (χ2v) is 8.06. The van der Waals surface area contributed by atoms with Gasteiger partial charge in [-0.15, -0.1) is 0 Å². The Morgan fingerprint density at radius 2 is 2.00 bits per heavy atom. The van der Waals surface area contributed by atoms with Gasteiger partial charge in [0.1, 0.15) is 5.82 Å². The summed E-state index contributed by atoms with van der Waals surface area (Å²) in [7, 11) is 0. The van der Waals surface area contributed by atoms with E-state index in [-0.39, 0.29) is 24.0 Å². The molecule has 0 aliphatic carbocycles. The molecule has 2 aliphatic heterocycles. The number of nitrogens with zero attached hydrogens (tertiary/aromatic N) is 3. The number of para-hydroxylation sites is 1. The Balaban J connectivity index is 1.58. The summed E-state index contributed by atoms with van der Waals surface area (Å²) < 4.78 is 22.4. The van der Waals surface area contributed by atoms with Crippen LogP contribution in [0.15, 0.2) is 67.0 Å². The maximum atomic E-state index is 14.6. The number of thiocarbonyl (C=S) groups is 1. The first-order chi connectivity index (χ1) is 14.7. The van der Waals surface area contributed by atoms with Gasteiger partial charge in [-0.3, -0.25) is 4.98 Å². The van der Waals surface area contributed by atoms with Crippen molar-refractivity contribution in [2.45, 2.75) is 31.0 Å². The molecule has 0 radical (unpaired) electrons. The van der Waals surface area contributed by atoms with Crippen molar-refractivity contribution in [1.29, 1.82) is 0 Å². The van der Waals surface area contributed by atoms with Gasteiger partial charge in [-0.05, 0) is 61.5 Å². The molecule has 0 amide bonds. The van der Waals surface area contributed by atoms with Gasteiger partial charge in [-0.1, -0.05) is 18.2 Å². The first-order valence-corrected chi connectivity index (χ1v) is 10.6. The standard InChI is InChI=1S/C23H23FN4OS/c24-17-8-1-2-10-19(17)27-13-5-11-20(27)22-21(18-9-3-4-12-25-18)26-23(30)28(22)15-16-7-6-14-29-16/h1-5,8-13,16,21-22H,6-7,14-15H2,(H,26,30)/t16-,21+,22-/m1/s1. The van der Waals surface area contributed by atoms with Crippen LogP contribution in [0.4, 0.5) is 4.39 Å². The summed E-state index contributed by atoms with van der Waals surface area (Å²) in [6.07, 6.45) is 5.92. The minimum atomic E-state index is -0.261. The fourth-order valence-corrected chi connectivity index (χ4v) is 4.75. The topological polar surface area (TPSA) is 42.3 Å². The molecule has 154 valence electrons. The molecule has 2 saturated heterocycles. The van der Waals surface area contributed by atoms with Crippen molar-refractivity contribution in [2.75, 3.05) is 13.2 Å². The largest absolute Gasteiger partial charge is 0.376 e. The number of rotatable bonds is 5. The zero-order chi connectivity index (χ0) is 20.5.